The summed E-state index contributed by atoms with van der Waals surface area (Å²) in [5, 5.41) is 7.21. The fourth-order valence-electron chi connectivity index (χ4n) is 1.29. The Labute approximate surface area is 103 Å². The minimum absolute atomic E-state index is 0.294. The summed E-state index contributed by atoms with van der Waals surface area (Å²) in [5.74, 6) is 1.60. The van der Waals surface area contributed by atoms with Crippen LogP contribution in [0.5, 0.6) is 0 Å². The summed E-state index contributed by atoms with van der Waals surface area (Å²) in [5.41, 5.74) is 0. The first kappa shape index (κ1) is 14.1. The molecule has 0 aliphatic rings. The molecule has 98 valence electrons. The maximum absolute atomic E-state index is 5.46. The number of hydrogen-bond donors (Lipinski definition) is 1. The van der Waals surface area contributed by atoms with Crippen molar-refractivity contribution in [3.63, 3.8) is 0 Å². The van der Waals surface area contributed by atoms with E-state index in [0.717, 1.165) is 18.8 Å². The van der Waals surface area contributed by atoms with Gasteiger partial charge in [0.25, 0.3) is 5.89 Å². The molecule has 0 saturated heterocycles. The summed E-state index contributed by atoms with van der Waals surface area (Å²) in [6, 6.07) is 0.527. The van der Waals surface area contributed by atoms with Crippen molar-refractivity contribution >= 4 is 0 Å². The highest BCUT2D eigenvalue weighted by Gasteiger charge is 2.09. The molecule has 5 nitrogen and oxygen atoms in total. The van der Waals surface area contributed by atoms with Crippen molar-refractivity contribution < 1.29 is 9.26 Å². The summed E-state index contributed by atoms with van der Waals surface area (Å²) in [7, 11) is 0. The Balaban J connectivity index is 2.09. The average molecular weight is 241 g/mol. The van der Waals surface area contributed by atoms with E-state index >= 15 is 0 Å². The lowest BCUT2D eigenvalue weighted by Crippen LogP contribution is -2.24. The average Bonchev–Trinajstić information content (AvgIpc) is 2.71. The second kappa shape index (κ2) is 7.40. The molecular formula is C12H23N3O2. The van der Waals surface area contributed by atoms with E-state index < -0.39 is 0 Å². The molecule has 1 aromatic heterocycles. The van der Waals surface area contributed by atoms with Crippen molar-refractivity contribution in [3.05, 3.63) is 11.7 Å². The minimum Gasteiger partial charge on any atom is -0.372 e. The van der Waals surface area contributed by atoms with E-state index in [1.807, 2.05) is 13.8 Å². The molecule has 0 radical (unpaired) electrons. The first-order valence-electron chi connectivity index (χ1n) is 6.23. The van der Waals surface area contributed by atoms with Crippen LogP contribution >= 0.6 is 0 Å². The van der Waals surface area contributed by atoms with Crippen molar-refractivity contribution in [3.8, 4) is 0 Å². The van der Waals surface area contributed by atoms with E-state index in [2.05, 4.69) is 29.3 Å². The molecule has 0 bridgehead atoms. The maximum Gasteiger partial charge on any atom is 0.252 e. The Morgan fingerprint density at radius 2 is 2.06 bits per heavy atom. The predicted molar refractivity (Wildman–Crippen MR) is 65.8 cm³/mol. The quantitative estimate of drug-likeness (QED) is 0.706. The van der Waals surface area contributed by atoms with Gasteiger partial charge in [-0.3, -0.25) is 0 Å². The zero-order chi connectivity index (χ0) is 12.7. The largest absolute Gasteiger partial charge is 0.372 e. The van der Waals surface area contributed by atoms with E-state index in [-0.39, 0.29) is 0 Å². The fourth-order valence-corrected chi connectivity index (χ4v) is 1.29. The minimum atomic E-state index is 0.294. The molecule has 0 aliphatic heterocycles. The molecule has 0 aliphatic carbocycles. The molecule has 1 aromatic rings. The highest BCUT2D eigenvalue weighted by molar-refractivity contribution is 4.90. The van der Waals surface area contributed by atoms with E-state index in [9.17, 15) is 0 Å². The lowest BCUT2D eigenvalue weighted by molar-refractivity contribution is 0.0954. The molecule has 0 saturated carbocycles. The number of nitrogens with one attached hydrogen (secondary N) is 1. The Hall–Kier alpha value is -0.940. The number of hydrogen-bond acceptors (Lipinski definition) is 5. The van der Waals surface area contributed by atoms with Crippen LogP contribution in [0.4, 0.5) is 0 Å². The standard InChI is InChI=1S/C12H23N3O2/c1-9(2)12-14-11(17-15-12)8-16-7-5-6-13-10(3)4/h9-10,13H,5-8H2,1-4H3. The molecule has 0 unspecified atom stereocenters. The van der Waals surface area contributed by atoms with E-state index in [1.54, 1.807) is 0 Å². The molecule has 0 aromatic carbocycles. The van der Waals surface area contributed by atoms with Gasteiger partial charge in [0.2, 0.25) is 0 Å². The van der Waals surface area contributed by atoms with Gasteiger partial charge in [0.1, 0.15) is 6.61 Å². The highest BCUT2D eigenvalue weighted by atomic mass is 16.5. The van der Waals surface area contributed by atoms with Gasteiger partial charge in [-0.25, -0.2) is 0 Å². The van der Waals surface area contributed by atoms with Gasteiger partial charge >= 0.3 is 0 Å². The lowest BCUT2D eigenvalue weighted by atomic mass is 10.2. The van der Waals surface area contributed by atoms with Gasteiger partial charge in [-0.05, 0) is 13.0 Å². The van der Waals surface area contributed by atoms with Crippen LogP contribution in [0.3, 0.4) is 0 Å². The van der Waals surface area contributed by atoms with E-state index in [0.29, 0.717) is 31.1 Å². The molecule has 0 fully saturated rings. The molecule has 1 rings (SSSR count). The molecule has 0 spiro atoms. The molecule has 5 heteroatoms. The van der Waals surface area contributed by atoms with Crippen LogP contribution in [-0.4, -0.2) is 29.3 Å². The number of nitrogens with zero attached hydrogens (tertiary/aromatic N) is 2. The third kappa shape index (κ3) is 5.79. The topological polar surface area (TPSA) is 60.2 Å². The first-order valence-corrected chi connectivity index (χ1v) is 6.23. The van der Waals surface area contributed by atoms with Crippen molar-refractivity contribution in [1.82, 2.24) is 15.5 Å². The van der Waals surface area contributed by atoms with Gasteiger partial charge in [0, 0.05) is 18.6 Å². The monoisotopic (exact) mass is 241 g/mol. The van der Waals surface area contributed by atoms with Crippen molar-refractivity contribution in [1.29, 1.82) is 0 Å². The van der Waals surface area contributed by atoms with Crippen LogP contribution in [0.1, 0.15) is 51.7 Å². The van der Waals surface area contributed by atoms with Crippen LogP contribution in [0, 0.1) is 0 Å². The molecule has 0 atom stereocenters. The van der Waals surface area contributed by atoms with E-state index in [1.165, 1.54) is 0 Å². The zero-order valence-electron chi connectivity index (χ0n) is 11.2. The lowest BCUT2D eigenvalue weighted by Gasteiger charge is -2.07. The second-order valence-corrected chi connectivity index (χ2v) is 4.72. The Kier molecular flexibility index (Phi) is 6.15. The molecule has 0 amide bonds. The number of ether oxygens (including phenoxy) is 1. The van der Waals surface area contributed by atoms with Crippen LogP contribution in [0.15, 0.2) is 4.52 Å². The van der Waals surface area contributed by atoms with Gasteiger partial charge in [-0.15, -0.1) is 0 Å². The van der Waals surface area contributed by atoms with Crippen molar-refractivity contribution in [2.45, 2.75) is 52.7 Å². The summed E-state index contributed by atoms with van der Waals surface area (Å²) in [6.45, 7) is 10.4. The van der Waals surface area contributed by atoms with Crippen LogP contribution in [-0.2, 0) is 11.3 Å². The molecule has 17 heavy (non-hydrogen) atoms. The maximum atomic E-state index is 5.46. The van der Waals surface area contributed by atoms with Crippen molar-refractivity contribution in [2.75, 3.05) is 13.2 Å². The van der Waals surface area contributed by atoms with Crippen LogP contribution in [0.25, 0.3) is 0 Å². The van der Waals surface area contributed by atoms with Gasteiger partial charge in [0.05, 0.1) is 0 Å². The first-order chi connectivity index (χ1) is 8.09. The Morgan fingerprint density at radius 1 is 1.29 bits per heavy atom. The smallest absolute Gasteiger partial charge is 0.252 e. The van der Waals surface area contributed by atoms with Gasteiger partial charge < -0.3 is 14.6 Å². The number of aromatic nitrogens is 2. The van der Waals surface area contributed by atoms with E-state index in [4.69, 9.17) is 9.26 Å². The Bertz CT molecular complexity index is 310. The number of rotatable bonds is 8. The van der Waals surface area contributed by atoms with Gasteiger partial charge in [0.15, 0.2) is 5.82 Å². The molecular weight excluding hydrogens is 218 g/mol. The van der Waals surface area contributed by atoms with Crippen molar-refractivity contribution in [2.24, 2.45) is 0 Å². The third-order valence-corrected chi connectivity index (χ3v) is 2.24. The fraction of sp³-hybridized carbons (Fsp3) is 0.833. The van der Waals surface area contributed by atoms with Gasteiger partial charge in [-0.2, -0.15) is 4.98 Å². The molecule has 1 heterocycles. The molecule has 1 N–H and O–H groups in total. The SMILES string of the molecule is CC(C)NCCCOCc1nc(C(C)C)no1. The summed E-state index contributed by atoms with van der Waals surface area (Å²) in [6.07, 6.45) is 0.989. The zero-order valence-corrected chi connectivity index (χ0v) is 11.2. The highest BCUT2D eigenvalue weighted by Crippen LogP contribution is 2.09. The van der Waals surface area contributed by atoms with Crippen LogP contribution in [0.2, 0.25) is 0 Å². The Morgan fingerprint density at radius 3 is 2.65 bits per heavy atom. The summed E-state index contributed by atoms with van der Waals surface area (Å²) in [4.78, 5) is 4.24. The van der Waals surface area contributed by atoms with Crippen LogP contribution < -0.4 is 5.32 Å². The predicted octanol–water partition coefficient (Wildman–Crippen LogP) is 2.10. The second-order valence-electron chi connectivity index (χ2n) is 4.72. The third-order valence-electron chi connectivity index (χ3n) is 2.24. The summed E-state index contributed by atoms with van der Waals surface area (Å²) < 4.78 is 10.5. The summed E-state index contributed by atoms with van der Waals surface area (Å²) >= 11 is 0. The normalized spacial score (nSPS) is 11.6. The van der Waals surface area contributed by atoms with Gasteiger partial charge in [-0.1, -0.05) is 32.9 Å².